The lowest BCUT2D eigenvalue weighted by Gasteiger charge is -2.53. The molecule has 1 saturated heterocycles. The Kier molecular flexibility index (Phi) is 5.71. The van der Waals surface area contributed by atoms with Crippen molar-refractivity contribution in [2.24, 2.45) is 5.41 Å². The van der Waals surface area contributed by atoms with Gasteiger partial charge in [-0.2, -0.15) is 0 Å². The first kappa shape index (κ1) is 23.9. The first-order valence-electron chi connectivity index (χ1n) is 12.2. The second-order valence-electron chi connectivity index (χ2n) is 12.7. The van der Waals surface area contributed by atoms with E-state index in [0.717, 1.165) is 35.4 Å². The average molecular weight is 460 g/mol. The number of pyridine rings is 1. The second kappa shape index (κ2) is 7.64. The van der Waals surface area contributed by atoms with Gasteiger partial charge in [0.2, 0.25) is 0 Å². The highest BCUT2D eigenvalue weighted by Gasteiger charge is 2.53. The summed E-state index contributed by atoms with van der Waals surface area (Å²) in [6, 6.07) is 0. The molecular formula is C26H41NO4Si-. The maximum Gasteiger partial charge on any atom is 0.341 e. The smallest absolute Gasteiger partial charge is 0.341 e. The van der Waals surface area contributed by atoms with Gasteiger partial charge in [0.25, 0.3) is 0 Å². The third-order valence-corrected chi connectivity index (χ3v) is 12.6. The Morgan fingerprint density at radius 3 is 2.34 bits per heavy atom. The van der Waals surface area contributed by atoms with Crippen molar-refractivity contribution in [1.82, 2.24) is 4.98 Å². The molecule has 0 radical (unpaired) electrons. The fourth-order valence-corrected chi connectivity index (χ4v) is 6.61. The predicted molar refractivity (Wildman–Crippen MR) is 129 cm³/mol. The summed E-state index contributed by atoms with van der Waals surface area (Å²) < 4.78 is 19.0. The molecule has 32 heavy (non-hydrogen) atoms. The zero-order valence-electron chi connectivity index (χ0n) is 21.5. The zero-order chi connectivity index (χ0) is 23.7. The van der Waals surface area contributed by atoms with Gasteiger partial charge in [-0.05, 0) is 32.5 Å². The van der Waals surface area contributed by atoms with E-state index in [9.17, 15) is 4.79 Å². The van der Waals surface area contributed by atoms with Crippen LogP contribution in [0.3, 0.4) is 0 Å². The van der Waals surface area contributed by atoms with Crippen LogP contribution >= 0.6 is 0 Å². The Labute approximate surface area is 194 Å². The number of nitrogens with zero attached hydrogens (tertiary/aromatic N) is 1. The lowest BCUT2D eigenvalue weighted by molar-refractivity contribution is -0.0748. The van der Waals surface area contributed by atoms with Crippen LogP contribution < -0.4 is 0 Å². The third-order valence-electron chi connectivity index (χ3n) is 8.09. The number of carbonyl (C=O) groups is 1. The SMILES string of the molecule is CC(C)c1nc2c(c3c1C(=O)OC31CCOCC1)[C@@H](O[Si-](C)(C)C(C)(C)C)CC(C)(C)C2. The van der Waals surface area contributed by atoms with Crippen molar-refractivity contribution in [2.45, 2.75) is 110 Å². The normalized spacial score (nSPS) is 24.4. The van der Waals surface area contributed by atoms with Gasteiger partial charge in [0.1, 0.15) is 5.60 Å². The Morgan fingerprint density at radius 1 is 1.16 bits per heavy atom. The number of fused-ring (bicyclic) bond motifs is 4. The number of ether oxygens (including phenoxy) is 2. The summed E-state index contributed by atoms with van der Waals surface area (Å²) in [6.07, 6.45) is 3.17. The first-order valence-corrected chi connectivity index (χ1v) is 15.1. The van der Waals surface area contributed by atoms with Crippen molar-refractivity contribution in [3.8, 4) is 0 Å². The fourth-order valence-electron chi connectivity index (χ4n) is 5.34. The van der Waals surface area contributed by atoms with Crippen LogP contribution in [0.15, 0.2) is 0 Å². The molecule has 1 atom stereocenters. The lowest BCUT2D eigenvalue weighted by atomic mass is 9.70. The van der Waals surface area contributed by atoms with Crippen LogP contribution in [-0.2, 0) is 25.9 Å². The van der Waals surface area contributed by atoms with Crippen LogP contribution in [0.25, 0.3) is 0 Å². The summed E-state index contributed by atoms with van der Waals surface area (Å²) in [5, 5.41) is 0.103. The molecule has 179 valence electrons. The van der Waals surface area contributed by atoms with E-state index in [1.54, 1.807) is 0 Å². The molecule has 0 saturated carbocycles. The molecule has 2 aliphatic heterocycles. The zero-order valence-corrected chi connectivity index (χ0v) is 22.5. The van der Waals surface area contributed by atoms with E-state index < -0.39 is 13.9 Å². The van der Waals surface area contributed by atoms with Crippen molar-refractivity contribution in [2.75, 3.05) is 13.2 Å². The van der Waals surface area contributed by atoms with E-state index in [4.69, 9.17) is 18.9 Å². The fraction of sp³-hybridized carbons (Fsp3) is 0.769. The largest absolute Gasteiger partial charge is 0.559 e. The molecule has 1 aliphatic carbocycles. The van der Waals surface area contributed by atoms with Crippen molar-refractivity contribution < 1.29 is 18.7 Å². The van der Waals surface area contributed by atoms with E-state index >= 15 is 0 Å². The average Bonchev–Trinajstić information content (AvgIpc) is 2.91. The van der Waals surface area contributed by atoms with E-state index in [1.165, 1.54) is 0 Å². The van der Waals surface area contributed by atoms with Crippen molar-refractivity contribution >= 4 is 14.3 Å². The third kappa shape index (κ3) is 3.86. The van der Waals surface area contributed by atoms with Crippen molar-refractivity contribution in [3.05, 3.63) is 28.1 Å². The minimum Gasteiger partial charge on any atom is -0.559 e. The van der Waals surface area contributed by atoms with E-state index in [-0.39, 0.29) is 28.4 Å². The van der Waals surface area contributed by atoms with Crippen molar-refractivity contribution in [3.63, 3.8) is 0 Å². The van der Waals surface area contributed by atoms with Gasteiger partial charge in [0.05, 0.1) is 24.5 Å². The van der Waals surface area contributed by atoms with Gasteiger partial charge >= 0.3 is 5.97 Å². The second-order valence-corrected chi connectivity index (χ2v) is 17.4. The number of rotatable bonds is 3. The Morgan fingerprint density at radius 2 is 1.78 bits per heavy atom. The quantitative estimate of drug-likeness (QED) is 0.386. The molecule has 1 aromatic heterocycles. The number of hydrogen-bond donors (Lipinski definition) is 0. The molecule has 4 rings (SSSR count). The highest BCUT2D eigenvalue weighted by atomic mass is 28.4. The predicted octanol–water partition coefficient (Wildman–Crippen LogP) is 6.42. The monoisotopic (exact) mass is 459 g/mol. The molecule has 1 fully saturated rings. The molecule has 0 bridgehead atoms. The Hall–Kier alpha value is -1.24. The number of esters is 1. The van der Waals surface area contributed by atoms with Gasteiger partial charge in [-0.3, -0.25) is 4.98 Å². The number of hydrogen-bond acceptors (Lipinski definition) is 5. The standard InChI is InChI=1S/C26H41NO4Si/c1-16(2)22-20-21(26(30-23(20)28)10-12-29-13-11-26)19-17(27-22)14-25(6,7)15-18(19)31-32(8,9)24(3,4)5/h16,18H,10-15H2,1-9H3/q-1/t18-/m0/s1. The number of aromatic nitrogens is 1. The summed E-state index contributed by atoms with van der Waals surface area (Å²) in [6.45, 7) is 21.6. The summed E-state index contributed by atoms with van der Waals surface area (Å²) in [5.74, 6) is -0.0572. The topological polar surface area (TPSA) is 57.7 Å². The van der Waals surface area contributed by atoms with Gasteiger partial charge in [0.15, 0.2) is 0 Å². The minimum atomic E-state index is -2.05. The molecule has 0 N–H and O–H groups in total. The van der Waals surface area contributed by atoms with Gasteiger partial charge in [-0.15, -0.1) is 18.1 Å². The first-order chi connectivity index (χ1) is 14.7. The van der Waals surface area contributed by atoms with E-state index in [1.807, 2.05) is 0 Å². The molecule has 5 nitrogen and oxygen atoms in total. The Bertz CT molecular complexity index is 923. The van der Waals surface area contributed by atoms with E-state index in [2.05, 4.69) is 61.6 Å². The number of carbonyl (C=O) groups excluding carboxylic acids is 1. The van der Waals surface area contributed by atoms with E-state index in [0.29, 0.717) is 31.6 Å². The summed E-state index contributed by atoms with van der Waals surface area (Å²) in [5.41, 5.74) is 4.43. The van der Waals surface area contributed by atoms with Crippen LogP contribution in [0, 0.1) is 5.41 Å². The van der Waals surface area contributed by atoms with Crippen LogP contribution in [0.5, 0.6) is 0 Å². The maximum atomic E-state index is 13.3. The van der Waals surface area contributed by atoms with Crippen LogP contribution in [0.2, 0.25) is 18.1 Å². The molecule has 1 spiro atoms. The van der Waals surface area contributed by atoms with Crippen LogP contribution in [-0.4, -0.2) is 32.5 Å². The van der Waals surface area contributed by atoms with Gasteiger partial charge in [0, 0.05) is 35.8 Å². The van der Waals surface area contributed by atoms with Crippen LogP contribution in [0.1, 0.15) is 113 Å². The summed E-state index contributed by atoms with van der Waals surface area (Å²) >= 11 is 0. The van der Waals surface area contributed by atoms with Gasteiger partial charge in [-0.1, -0.05) is 48.5 Å². The minimum absolute atomic E-state index is 0.0636. The lowest BCUT2D eigenvalue weighted by Crippen LogP contribution is -2.45. The maximum absolute atomic E-state index is 13.3. The molecule has 0 aromatic carbocycles. The molecule has 0 unspecified atom stereocenters. The highest BCUT2D eigenvalue weighted by Crippen LogP contribution is 2.55. The van der Waals surface area contributed by atoms with Crippen molar-refractivity contribution in [1.29, 1.82) is 0 Å². The molecule has 3 heterocycles. The Balaban J connectivity index is 1.97. The van der Waals surface area contributed by atoms with Crippen LogP contribution in [0.4, 0.5) is 0 Å². The highest BCUT2D eigenvalue weighted by molar-refractivity contribution is 6.74. The molecular weight excluding hydrogens is 418 g/mol. The van der Waals surface area contributed by atoms with Gasteiger partial charge < -0.3 is 13.9 Å². The summed E-state index contributed by atoms with van der Waals surface area (Å²) in [7, 11) is -2.05. The molecule has 1 aromatic rings. The molecule has 3 aliphatic rings. The molecule has 6 heteroatoms. The van der Waals surface area contributed by atoms with Gasteiger partial charge in [-0.25, -0.2) is 4.79 Å². The molecule has 0 amide bonds. The summed E-state index contributed by atoms with van der Waals surface area (Å²) in [4.78, 5) is 18.4.